The molecule has 4 N–H and O–H groups in total. The van der Waals surface area contributed by atoms with Gasteiger partial charge in [-0.3, -0.25) is 10.2 Å². The van der Waals surface area contributed by atoms with Crippen LogP contribution in [0.3, 0.4) is 0 Å². The van der Waals surface area contributed by atoms with Crippen molar-refractivity contribution in [3.8, 4) is 22.4 Å². The highest BCUT2D eigenvalue weighted by Gasteiger charge is 2.30. The van der Waals surface area contributed by atoms with Crippen LogP contribution in [0.4, 0.5) is 10.1 Å². The summed E-state index contributed by atoms with van der Waals surface area (Å²) in [4.78, 5) is 12.5. The Morgan fingerprint density at radius 2 is 1.48 bits per heavy atom. The van der Waals surface area contributed by atoms with Gasteiger partial charge < -0.3 is 20.1 Å². The molecular weight excluding hydrogens is 553 g/mol. The number of para-hydroxylation sites is 1. The molecular formula is C37H44FN3O3. The minimum Gasteiger partial charge on any atom is -0.393 e. The fourth-order valence-corrected chi connectivity index (χ4v) is 5.56. The van der Waals surface area contributed by atoms with E-state index in [1.165, 1.54) is 12.1 Å². The Labute approximate surface area is 260 Å². The predicted octanol–water partition coefficient (Wildman–Crippen LogP) is 8.03. The molecule has 0 bridgehead atoms. The van der Waals surface area contributed by atoms with Gasteiger partial charge in [-0.1, -0.05) is 83.1 Å². The number of hydrogen-bond acceptors (Lipinski definition) is 4. The van der Waals surface area contributed by atoms with E-state index in [0.717, 1.165) is 39.3 Å². The number of aliphatic hydroxyl groups excluding tert-OH is 2. The number of ketones is 1. The Morgan fingerprint density at radius 3 is 2.05 bits per heavy atom. The highest BCUT2D eigenvalue weighted by atomic mass is 19.1. The summed E-state index contributed by atoms with van der Waals surface area (Å²) in [5.41, 5.74) is 5.25. The van der Waals surface area contributed by atoms with Crippen LogP contribution in [-0.4, -0.2) is 38.6 Å². The molecule has 0 spiro atoms. The third kappa shape index (κ3) is 7.90. The maximum atomic E-state index is 14.1. The molecule has 0 fully saturated rings. The lowest BCUT2D eigenvalue weighted by atomic mass is 9.86. The van der Waals surface area contributed by atoms with Crippen LogP contribution in [0.1, 0.15) is 71.1 Å². The van der Waals surface area contributed by atoms with E-state index in [2.05, 4.69) is 23.7 Å². The van der Waals surface area contributed by atoms with Crippen LogP contribution < -0.4 is 5.32 Å². The number of amidine groups is 1. The van der Waals surface area contributed by atoms with Gasteiger partial charge in [-0.05, 0) is 66.3 Å². The Morgan fingerprint density at radius 1 is 0.886 bits per heavy atom. The standard InChI is InChI=1S/C37H44FN3O3/c1-24(2)34-33(36(39)40-28-14-10-7-11-15-28)32(25-12-8-6-9-13-25)35(26-16-18-27(38)19-17-26)41(34)21-20-29(42)22-30(43)23-31(44)37(3,4)5/h6-19,24,29-30,42-43H,20-23H2,1-5H3,(H2,39,40). The van der Waals surface area contributed by atoms with E-state index in [9.17, 15) is 24.8 Å². The molecule has 1 heterocycles. The number of anilines is 1. The van der Waals surface area contributed by atoms with Crippen LogP contribution in [0.2, 0.25) is 0 Å². The normalized spacial score (nSPS) is 13.1. The highest BCUT2D eigenvalue weighted by molar-refractivity contribution is 6.14. The van der Waals surface area contributed by atoms with Crippen LogP contribution >= 0.6 is 0 Å². The van der Waals surface area contributed by atoms with E-state index in [0.29, 0.717) is 13.0 Å². The molecule has 4 aromatic rings. The van der Waals surface area contributed by atoms with Gasteiger partial charge >= 0.3 is 0 Å². The fourth-order valence-electron chi connectivity index (χ4n) is 5.56. The fraction of sp³-hybridized carbons (Fsp3) is 0.351. The molecule has 0 aliphatic rings. The van der Waals surface area contributed by atoms with Gasteiger partial charge in [-0.15, -0.1) is 0 Å². The first kappa shape index (κ1) is 32.8. The number of halogens is 1. The summed E-state index contributed by atoms with van der Waals surface area (Å²) in [6.45, 7) is 10.0. The topological polar surface area (TPSA) is 98.3 Å². The van der Waals surface area contributed by atoms with Crippen molar-refractivity contribution in [3.05, 3.63) is 102 Å². The molecule has 0 radical (unpaired) electrons. The predicted molar refractivity (Wildman–Crippen MR) is 177 cm³/mol. The molecule has 2 atom stereocenters. The maximum Gasteiger partial charge on any atom is 0.140 e. The minimum absolute atomic E-state index is 0.00717. The number of Topliss-reactive ketones (excluding diaryl/α,β-unsaturated/α-hetero) is 1. The zero-order chi connectivity index (χ0) is 32.0. The number of aromatic nitrogens is 1. The molecule has 0 saturated carbocycles. The molecule has 0 aliphatic carbocycles. The van der Waals surface area contributed by atoms with Gasteiger partial charge in [0, 0.05) is 40.9 Å². The van der Waals surface area contributed by atoms with Gasteiger partial charge in [0.1, 0.15) is 17.4 Å². The lowest BCUT2D eigenvalue weighted by molar-refractivity contribution is -0.128. The van der Waals surface area contributed by atoms with E-state index in [-0.39, 0.29) is 36.2 Å². The number of carbonyl (C=O) groups excluding carboxylic acids is 1. The van der Waals surface area contributed by atoms with Crippen molar-refractivity contribution in [1.29, 1.82) is 5.41 Å². The van der Waals surface area contributed by atoms with Gasteiger partial charge in [0.2, 0.25) is 0 Å². The van der Waals surface area contributed by atoms with E-state index in [1.54, 1.807) is 12.1 Å². The summed E-state index contributed by atoms with van der Waals surface area (Å²) in [6, 6.07) is 25.8. The Hall–Kier alpha value is -4.07. The Kier molecular flexibility index (Phi) is 10.6. The average Bonchev–Trinajstić information content (AvgIpc) is 3.32. The lowest BCUT2D eigenvalue weighted by Crippen LogP contribution is -2.28. The quantitative estimate of drug-likeness (QED) is 0.0982. The van der Waals surface area contributed by atoms with Crippen molar-refractivity contribution in [3.63, 3.8) is 0 Å². The van der Waals surface area contributed by atoms with Crippen LogP contribution in [0.15, 0.2) is 84.9 Å². The molecule has 3 aromatic carbocycles. The van der Waals surface area contributed by atoms with Crippen molar-refractivity contribution < 1.29 is 19.4 Å². The zero-order valence-electron chi connectivity index (χ0n) is 26.3. The third-order valence-electron chi connectivity index (χ3n) is 7.81. The number of aliphatic hydroxyl groups is 2. The van der Waals surface area contributed by atoms with E-state index >= 15 is 0 Å². The molecule has 7 heteroatoms. The van der Waals surface area contributed by atoms with Crippen molar-refractivity contribution in [2.24, 2.45) is 5.41 Å². The van der Waals surface area contributed by atoms with Gasteiger partial charge in [-0.2, -0.15) is 0 Å². The summed E-state index contributed by atoms with van der Waals surface area (Å²) in [5.74, 6) is -0.167. The second-order valence-electron chi connectivity index (χ2n) is 12.7. The third-order valence-corrected chi connectivity index (χ3v) is 7.81. The van der Waals surface area contributed by atoms with Crippen LogP contribution in [0, 0.1) is 16.6 Å². The molecule has 2 unspecified atom stereocenters. The number of benzene rings is 3. The number of nitrogens with one attached hydrogen (secondary N) is 2. The second-order valence-corrected chi connectivity index (χ2v) is 12.7. The molecule has 0 aliphatic heterocycles. The average molecular weight is 598 g/mol. The minimum atomic E-state index is -0.943. The van der Waals surface area contributed by atoms with Crippen molar-refractivity contribution in [1.82, 2.24) is 4.57 Å². The molecule has 0 amide bonds. The number of carbonyl (C=O) groups is 1. The Balaban J connectivity index is 1.82. The van der Waals surface area contributed by atoms with Gasteiger partial charge in [-0.25, -0.2) is 4.39 Å². The maximum absolute atomic E-state index is 14.1. The summed E-state index contributed by atoms with van der Waals surface area (Å²) in [6.07, 6.45) is -1.41. The summed E-state index contributed by atoms with van der Waals surface area (Å²) < 4.78 is 16.2. The van der Waals surface area contributed by atoms with Crippen LogP contribution in [0.5, 0.6) is 0 Å². The molecule has 1 aromatic heterocycles. The Bertz CT molecular complexity index is 1560. The monoisotopic (exact) mass is 597 g/mol. The molecule has 0 saturated heterocycles. The molecule has 6 nitrogen and oxygen atoms in total. The smallest absolute Gasteiger partial charge is 0.140 e. The van der Waals surface area contributed by atoms with E-state index < -0.39 is 17.6 Å². The SMILES string of the molecule is CC(C)c1c(C(=N)Nc2ccccc2)c(-c2ccccc2)c(-c2ccc(F)cc2)n1CCC(O)CC(O)CC(=O)C(C)(C)C. The van der Waals surface area contributed by atoms with Crippen molar-refractivity contribution >= 4 is 17.3 Å². The van der Waals surface area contributed by atoms with Crippen LogP contribution in [0.25, 0.3) is 22.4 Å². The lowest BCUT2D eigenvalue weighted by Gasteiger charge is -2.22. The largest absolute Gasteiger partial charge is 0.393 e. The first-order valence-corrected chi connectivity index (χ1v) is 15.2. The highest BCUT2D eigenvalue weighted by Crippen LogP contribution is 2.42. The van der Waals surface area contributed by atoms with E-state index in [1.807, 2.05) is 81.4 Å². The summed E-state index contributed by atoms with van der Waals surface area (Å²) in [7, 11) is 0. The number of nitrogens with zero attached hydrogens (tertiary/aromatic N) is 1. The van der Waals surface area contributed by atoms with Crippen molar-refractivity contribution in [2.45, 2.75) is 78.6 Å². The van der Waals surface area contributed by atoms with Crippen LogP contribution in [-0.2, 0) is 11.3 Å². The van der Waals surface area contributed by atoms with Crippen molar-refractivity contribution in [2.75, 3.05) is 5.32 Å². The molecule has 4 rings (SSSR count). The first-order valence-electron chi connectivity index (χ1n) is 15.2. The zero-order valence-corrected chi connectivity index (χ0v) is 26.3. The number of rotatable bonds is 12. The summed E-state index contributed by atoms with van der Waals surface area (Å²) in [5, 5.41) is 34.2. The van der Waals surface area contributed by atoms with Gasteiger partial charge in [0.25, 0.3) is 0 Å². The number of hydrogen-bond donors (Lipinski definition) is 4. The molecule has 44 heavy (non-hydrogen) atoms. The van der Waals surface area contributed by atoms with Gasteiger partial charge in [0.15, 0.2) is 0 Å². The summed E-state index contributed by atoms with van der Waals surface area (Å²) >= 11 is 0. The first-order chi connectivity index (χ1) is 20.9. The molecule has 232 valence electrons. The van der Waals surface area contributed by atoms with E-state index in [4.69, 9.17) is 0 Å². The second kappa shape index (κ2) is 14.1. The van der Waals surface area contributed by atoms with Gasteiger partial charge in [0.05, 0.1) is 17.9 Å².